The van der Waals surface area contributed by atoms with Crippen LogP contribution < -0.4 is 0 Å². The summed E-state index contributed by atoms with van der Waals surface area (Å²) in [5.74, 6) is 1.31. The zero-order valence-electron chi connectivity index (χ0n) is 14.6. The molecule has 6 nitrogen and oxygen atoms in total. The summed E-state index contributed by atoms with van der Waals surface area (Å²) in [5, 5.41) is 13.7. The Morgan fingerprint density at radius 3 is 2.83 bits per heavy atom. The number of β-amino-alcohol motifs (C(OH)–C–C–N with tert-alkyl or cyclic N) is 1. The average Bonchev–Trinajstić information content (AvgIpc) is 2.98. The lowest BCUT2D eigenvalue weighted by molar-refractivity contribution is 0.0385. The Hall–Kier alpha value is -1.76. The lowest BCUT2D eigenvalue weighted by atomic mass is 10.1. The maximum Gasteiger partial charge on any atom is 0.241 e. The van der Waals surface area contributed by atoms with Gasteiger partial charge >= 0.3 is 0 Å². The molecule has 0 spiro atoms. The molecule has 0 amide bonds. The van der Waals surface area contributed by atoms with E-state index in [0.717, 1.165) is 37.3 Å². The molecule has 24 heavy (non-hydrogen) atoms. The fraction of sp³-hybridized carbons (Fsp3) is 0.556. The molecule has 0 unspecified atom stereocenters. The number of aliphatic hydroxyl groups excluding tert-OH is 1. The minimum absolute atomic E-state index is 0.286. The van der Waals surface area contributed by atoms with Crippen LogP contribution in [0.3, 0.4) is 0 Å². The second-order valence-corrected chi connectivity index (χ2v) is 6.75. The molecule has 1 N–H and O–H groups in total. The topological polar surface area (TPSA) is 65.6 Å². The lowest BCUT2D eigenvalue weighted by Crippen LogP contribution is -2.53. The summed E-state index contributed by atoms with van der Waals surface area (Å²) in [7, 11) is 0. The van der Waals surface area contributed by atoms with Gasteiger partial charge in [0.25, 0.3) is 0 Å². The first-order valence-electron chi connectivity index (χ1n) is 8.56. The third-order valence-electron chi connectivity index (χ3n) is 4.56. The molecule has 0 aliphatic carbocycles. The molecular formula is C18H26N4O2. The number of nitrogens with zero attached hydrogens (tertiary/aromatic N) is 4. The molecule has 1 aliphatic heterocycles. The van der Waals surface area contributed by atoms with Gasteiger partial charge in [-0.25, -0.2) is 0 Å². The van der Waals surface area contributed by atoms with Crippen LogP contribution in [0.2, 0.25) is 0 Å². The number of rotatable bonds is 5. The predicted molar refractivity (Wildman–Crippen MR) is 92.5 cm³/mol. The van der Waals surface area contributed by atoms with E-state index in [2.05, 4.69) is 39.9 Å². The molecule has 0 radical (unpaired) electrons. The van der Waals surface area contributed by atoms with Crippen molar-refractivity contribution >= 4 is 0 Å². The van der Waals surface area contributed by atoms with Crippen LogP contribution in [0.1, 0.15) is 25.3 Å². The van der Waals surface area contributed by atoms with Crippen LogP contribution in [-0.4, -0.2) is 63.4 Å². The summed E-state index contributed by atoms with van der Waals surface area (Å²) in [5.41, 5.74) is 2.16. The molecule has 2 heterocycles. The molecule has 0 saturated carbocycles. The third kappa shape index (κ3) is 4.01. The zero-order valence-corrected chi connectivity index (χ0v) is 14.6. The van der Waals surface area contributed by atoms with E-state index in [9.17, 15) is 5.11 Å². The molecule has 1 aromatic carbocycles. The van der Waals surface area contributed by atoms with E-state index in [1.54, 1.807) is 0 Å². The Kier molecular flexibility index (Phi) is 5.28. The van der Waals surface area contributed by atoms with Gasteiger partial charge in [-0.3, -0.25) is 9.80 Å². The van der Waals surface area contributed by atoms with Crippen LogP contribution in [-0.2, 0) is 6.54 Å². The highest BCUT2D eigenvalue weighted by Gasteiger charge is 2.25. The number of piperazine rings is 1. The number of aliphatic hydroxyl groups is 1. The zero-order chi connectivity index (χ0) is 17.1. The highest BCUT2D eigenvalue weighted by Crippen LogP contribution is 2.20. The summed E-state index contributed by atoms with van der Waals surface area (Å²) in [6.07, 6.45) is -0.286. The molecule has 3 rings (SSSR count). The van der Waals surface area contributed by atoms with Gasteiger partial charge in [0.2, 0.25) is 11.7 Å². The van der Waals surface area contributed by atoms with E-state index in [1.807, 2.05) is 25.1 Å². The van der Waals surface area contributed by atoms with Crippen LogP contribution in [0.25, 0.3) is 11.4 Å². The lowest BCUT2D eigenvalue weighted by Gasteiger charge is -2.39. The van der Waals surface area contributed by atoms with Crippen LogP contribution in [0.4, 0.5) is 0 Å². The molecule has 0 bridgehead atoms. The summed E-state index contributed by atoms with van der Waals surface area (Å²) in [4.78, 5) is 9.21. The first-order valence-corrected chi connectivity index (χ1v) is 8.56. The number of aryl methyl sites for hydroxylation is 1. The molecule has 6 heteroatoms. The summed E-state index contributed by atoms with van der Waals surface area (Å²) in [6.45, 7) is 10.3. The maximum absolute atomic E-state index is 9.57. The number of hydrogen-bond donors (Lipinski definition) is 1. The van der Waals surface area contributed by atoms with Crippen molar-refractivity contribution in [3.8, 4) is 11.4 Å². The van der Waals surface area contributed by atoms with E-state index < -0.39 is 0 Å². The largest absolute Gasteiger partial charge is 0.392 e. The van der Waals surface area contributed by atoms with Crippen molar-refractivity contribution in [3.05, 3.63) is 35.7 Å². The van der Waals surface area contributed by atoms with E-state index in [4.69, 9.17) is 4.52 Å². The fourth-order valence-corrected chi connectivity index (χ4v) is 3.27. The Bertz CT molecular complexity index is 671. The minimum Gasteiger partial charge on any atom is -0.392 e. The van der Waals surface area contributed by atoms with E-state index in [1.165, 1.54) is 0 Å². The standard InChI is InChI=1S/C18H26N4O2/c1-13-6-4-5-7-16(13)18-19-17(24-20-18)12-21-8-9-22(11-15(3)23)14(2)10-21/h4-7,14-15,23H,8-12H2,1-3H3/t14-,15+/m1/s1. The van der Waals surface area contributed by atoms with E-state index >= 15 is 0 Å². The number of hydrogen-bond acceptors (Lipinski definition) is 6. The molecule has 1 fully saturated rings. The molecule has 1 aromatic heterocycles. The monoisotopic (exact) mass is 330 g/mol. The second kappa shape index (κ2) is 7.42. The number of benzene rings is 1. The summed E-state index contributed by atoms with van der Waals surface area (Å²) >= 11 is 0. The van der Waals surface area contributed by atoms with Gasteiger partial charge in [0.15, 0.2) is 0 Å². The van der Waals surface area contributed by atoms with Crippen molar-refractivity contribution < 1.29 is 9.63 Å². The highest BCUT2D eigenvalue weighted by molar-refractivity contribution is 5.58. The minimum atomic E-state index is -0.286. The van der Waals surface area contributed by atoms with Crippen molar-refractivity contribution in [1.29, 1.82) is 0 Å². The SMILES string of the molecule is Cc1ccccc1-c1noc(CN2CCN(C[C@H](C)O)[C@H](C)C2)n1. The van der Waals surface area contributed by atoms with Crippen LogP contribution in [0, 0.1) is 6.92 Å². The first kappa shape index (κ1) is 17.1. The quantitative estimate of drug-likeness (QED) is 0.904. The van der Waals surface area contributed by atoms with Crippen molar-refractivity contribution in [3.63, 3.8) is 0 Å². The van der Waals surface area contributed by atoms with Crippen molar-refractivity contribution in [2.75, 3.05) is 26.2 Å². The molecule has 130 valence electrons. The maximum atomic E-state index is 9.57. The summed E-state index contributed by atoms with van der Waals surface area (Å²) < 4.78 is 5.45. The van der Waals surface area contributed by atoms with Gasteiger partial charge in [0.1, 0.15) is 0 Å². The highest BCUT2D eigenvalue weighted by atomic mass is 16.5. The van der Waals surface area contributed by atoms with Crippen molar-refractivity contribution in [2.24, 2.45) is 0 Å². The van der Waals surface area contributed by atoms with Gasteiger partial charge < -0.3 is 9.63 Å². The van der Waals surface area contributed by atoms with Gasteiger partial charge in [-0.1, -0.05) is 29.4 Å². The fourth-order valence-electron chi connectivity index (χ4n) is 3.27. The molecular weight excluding hydrogens is 304 g/mol. The molecule has 2 atom stereocenters. The summed E-state index contributed by atoms with van der Waals surface area (Å²) in [6, 6.07) is 8.47. The molecule has 1 saturated heterocycles. The number of aromatic nitrogens is 2. The Labute approximate surface area is 143 Å². The van der Waals surface area contributed by atoms with Gasteiger partial charge in [0.05, 0.1) is 12.6 Å². The Balaban J connectivity index is 1.61. The van der Waals surface area contributed by atoms with Gasteiger partial charge in [-0.15, -0.1) is 0 Å². The Morgan fingerprint density at radius 2 is 2.12 bits per heavy atom. The second-order valence-electron chi connectivity index (χ2n) is 6.75. The normalized spacial score (nSPS) is 21.1. The first-order chi connectivity index (χ1) is 11.5. The predicted octanol–water partition coefficient (Wildman–Crippen LogP) is 1.93. The van der Waals surface area contributed by atoms with Gasteiger partial charge in [0, 0.05) is 37.8 Å². The molecule has 1 aliphatic rings. The Morgan fingerprint density at radius 1 is 1.33 bits per heavy atom. The van der Waals surface area contributed by atoms with Crippen LogP contribution >= 0.6 is 0 Å². The van der Waals surface area contributed by atoms with Crippen LogP contribution in [0.5, 0.6) is 0 Å². The average molecular weight is 330 g/mol. The van der Waals surface area contributed by atoms with E-state index in [-0.39, 0.29) is 6.10 Å². The molecule has 2 aromatic rings. The third-order valence-corrected chi connectivity index (χ3v) is 4.56. The van der Waals surface area contributed by atoms with Gasteiger partial charge in [-0.2, -0.15) is 4.98 Å². The van der Waals surface area contributed by atoms with E-state index in [0.29, 0.717) is 24.3 Å². The van der Waals surface area contributed by atoms with Crippen molar-refractivity contribution in [1.82, 2.24) is 19.9 Å². The van der Waals surface area contributed by atoms with Crippen LogP contribution in [0.15, 0.2) is 28.8 Å². The van der Waals surface area contributed by atoms with Crippen molar-refractivity contribution in [2.45, 2.75) is 39.5 Å². The smallest absolute Gasteiger partial charge is 0.241 e. The van der Waals surface area contributed by atoms with Gasteiger partial charge in [-0.05, 0) is 26.3 Å².